The summed E-state index contributed by atoms with van der Waals surface area (Å²) in [6, 6.07) is 7.11. The Labute approximate surface area is 203 Å². The van der Waals surface area contributed by atoms with Gasteiger partial charge in [-0.2, -0.15) is 5.10 Å². The summed E-state index contributed by atoms with van der Waals surface area (Å²) in [5, 5.41) is 9.07. The number of methoxy groups -OCH3 is 1. The molecule has 0 saturated carbocycles. The Morgan fingerprint density at radius 2 is 1.94 bits per heavy atom. The maximum absolute atomic E-state index is 12.2. The first-order valence-electron chi connectivity index (χ1n) is 11.4. The van der Waals surface area contributed by atoms with Crippen molar-refractivity contribution in [3.05, 3.63) is 30.5 Å². The zero-order valence-electron chi connectivity index (χ0n) is 19.5. The molecule has 10 nitrogen and oxygen atoms in total. The van der Waals surface area contributed by atoms with Crippen LogP contribution in [0.2, 0.25) is 0 Å². The minimum Gasteiger partial charge on any atom is -0.497 e. The number of nitrogens with zero attached hydrogens (tertiary/aromatic N) is 5. The van der Waals surface area contributed by atoms with Crippen LogP contribution in [0.15, 0.2) is 35.6 Å². The van der Waals surface area contributed by atoms with Gasteiger partial charge in [-0.25, -0.2) is 14.6 Å². The van der Waals surface area contributed by atoms with E-state index >= 15 is 0 Å². The zero-order chi connectivity index (χ0) is 23.8. The second-order valence-electron chi connectivity index (χ2n) is 7.70. The van der Waals surface area contributed by atoms with Crippen molar-refractivity contribution >= 4 is 34.5 Å². The number of hydrogen-bond acceptors (Lipinski definition) is 9. The summed E-state index contributed by atoms with van der Waals surface area (Å²) in [5.41, 5.74) is 0.777. The van der Waals surface area contributed by atoms with Gasteiger partial charge < -0.3 is 24.4 Å². The fraction of sp³-hybridized carbons (Fsp3) is 0.478. The highest BCUT2D eigenvalue weighted by atomic mass is 32.2. The number of morpholine rings is 1. The summed E-state index contributed by atoms with van der Waals surface area (Å²) >= 11 is 1.65. The van der Waals surface area contributed by atoms with E-state index < -0.39 is 0 Å². The van der Waals surface area contributed by atoms with Crippen LogP contribution in [0, 0.1) is 0 Å². The number of nitrogens with one attached hydrogen (secondary N) is 1. The Kier molecular flexibility index (Phi) is 8.42. The van der Waals surface area contributed by atoms with Gasteiger partial charge in [-0.15, -0.1) is 0 Å². The van der Waals surface area contributed by atoms with Gasteiger partial charge in [0.15, 0.2) is 17.4 Å². The molecule has 34 heavy (non-hydrogen) atoms. The molecule has 182 valence electrons. The van der Waals surface area contributed by atoms with E-state index in [0.29, 0.717) is 32.1 Å². The molecule has 1 saturated heterocycles. The number of carbonyl (C=O) groups excluding carboxylic acids is 1. The topological polar surface area (TPSA) is 104 Å². The summed E-state index contributed by atoms with van der Waals surface area (Å²) in [7, 11) is 1.60. The first kappa shape index (κ1) is 24.1. The van der Waals surface area contributed by atoms with Crippen LogP contribution in [-0.2, 0) is 16.1 Å². The van der Waals surface area contributed by atoms with Crippen molar-refractivity contribution in [2.24, 2.45) is 0 Å². The van der Waals surface area contributed by atoms with Gasteiger partial charge in [-0.1, -0.05) is 18.7 Å². The minimum atomic E-state index is -0.199. The predicted molar refractivity (Wildman–Crippen MR) is 131 cm³/mol. The molecule has 1 aliphatic rings. The number of fused-ring (bicyclic) bond motifs is 1. The molecule has 0 spiro atoms. The van der Waals surface area contributed by atoms with Crippen molar-refractivity contribution < 1.29 is 19.0 Å². The number of thioether (sulfide) groups is 1. The number of carbonyl (C=O) groups is 1. The van der Waals surface area contributed by atoms with Gasteiger partial charge in [0.25, 0.3) is 5.91 Å². The molecular formula is C23H30N6O4S. The summed E-state index contributed by atoms with van der Waals surface area (Å²) in [4.78, 5) is 24.0. The van der Waals surface area contributed by atoms with Crippen molar-refractivity contribution in [3.63, 3.8) is 0 Å². The maximum Gasteiger partial charge on any atom is 0.258 e. The van der Waals surface area contributed by atoms with Gasteiger partial charge in [0, 0.05) is 25.4 Å². The van der Waals surface area contributed by atoms with Crippen LogP contribution in [-0.4, -0.2) is 78.0 Å². The van der Waals surface area contributed by atoms with Gasteiger partial charge in [-0.05, 0) is 30.7 Å². The molecule has 1 amide bonds. The highest BCUT2D eigenvalue weighted by Gasteiger charge is 2.20. The molecule has 0 bridgehead atoms. The highest BCUT2D eigenvalue weighted by molar-refractivity contribution is 7.99. The van der Waals surface area contributed by atoms with E-state index in [1.54, 1.807) is 43.1 Å². The van der Waals surface area contributed by atoms with Crippen molar-refractivity contribution in [2.75, 3.05) is 57.2 Å². The molecule has 3 heterocycles. The van der Waals surface area contributed by atoms with Crippen LogP contribution in [0.5, 0.6) is 11.5 Å². The molecular weight excluding hydrogens is 456 g/mol. The molecule has 2 aromatic heterocycles. The van der Waals surface area contributed by atoms with Gasteiger partial charge in [0.1, 0.15) is 17.3 Å². The van der Waals surface area contributed by atoms with Gasteiger partial charge >= 0.3 is 0 Å². The van der Waals surface area contributed by atoms with Gasteiger partial charge in [0.05, 0.1) is 38.5 Å². The molecule has 1 aliphatic heterocycles. The second kappa shape index (κ2) is 11.9. The molecule has 0 radical (unpaired) electrons. The number of benzene rings is 1. The lowest BCUT2D eigenvalue weighted by molar-refractivity contribution is -0.123. The lowest BCUT2D eigenvalue weighted by Gasteiger charge is -2.28. The van der Waals surface area contributed by atoms with E-state index in [1.165, 1.54) is 0 Å². The van der Waals surface area contributed by atoms with Crippen LogP contribution in [0.3, 0.4) is 0 Å². The highest BCUT2D eigenvalue weighted by Crippen LogP contribution is 2.28. The Hall–Kier alpha value is -3.05. The van der Waals surface area contributed by atoms with Crippen LogP contribution < -0.4 is 19.7 Å². The van der Waals surface area contributed by atoms with Gasteiger partial charge in [0.2, 0.25) is 0 Å². The zero-order valence-corrected chi connectivity index (χ0v) is 20.3. The smallest absolute Gasteiger partial charge is 0.258 e. The van der Waals surface area contributed by atoms with E-state index in [2.05, 4.69) is 22.2 Å². The number of hydrogen-bond donors (Lipinski definition) is 1. The van der Waals surface area contributed by atoms with E-state index in [4.69, 9.17) is 24.2 Å². The quantitative estimate of drug-likeness (QED) is 0.323. The first-order valence-corrected chi connectivity index (χ1v) is 12.4. The number of amides is 1. The molecule has 1 N–H and O–H groups in total. The van der Waals surface area contributed by atoms with Crippen molar-refractivity contribution in [3.8, 4) is 11.5 Å². The second-order valence-corrected chi connectivity index (χ2v) is 8.76. The molecule has 0 unspecified atom stereocenters. The number of rotatable bonds is 11. The maximum atomic E-state index is 12.2. The molecule has 0 aliphatic carbocycles. The van der Waals surface area contributed by atoms with Crippen molar-refractivity contribution in [1.82, 2.24) is 25.1 Å². The third-order valence-corrected chi connectivity index (χ3v) is 6.33. The van der Waals surface area contributed by atoms with Crippen LogP contribution >= 0.6 is 11.8 Å². The third kappa shape index (κ3) is 6.09. The monoisotopic (exact) mass is 486 g/mol. The lowest BCUT2D eigenvalue weighted by Crippen LogP contribution is -2.37. The Bertz CT molecular complexity index is 1090. The fourth-order valence-corrected chi connectivity index (χ4v) is 4.22. The summed E-state index contributed by atoms with van der Waals surface area (Å²) in [6.45, 7) is 5.93. The standard InChI is InChI=1S/C23H30N6O4S/c1-3-14-34-23-26-21(28-10-12-32-13-11-28)19-15-25-29(22(19)27-23)9-8-24-20(30)16-33-18-6-4-17(31-2)5-7-18/h4-7,15H,3,8-14,16H2,1-2H3,(H,24,30). The van der Waals surface area contributed by atoms with Crippen molar-refractivity contribution in [1.29, 1.82) is 0 Å². The van der Waals surface area contributed by atoms with Crippen LogP contribution in [0.25, 0.3) is 11.0 Å². The molecule has 11 heteroatoms. The van der Waals surface area contributed by atoms with E-state index in [0.717, 1.165) is 53.0 Å². The molecule has 1 aromatic carbocycles. The van der Waals surface area contributed by atoms with Gasteiger partial charge in [-0.3, -0.25) is 4.79 Å². The molecule has 3 aromatic rings. The molecule has 4 rings (SSSR count). The van der Waals surface area contributed by atoms with E-state index in [1.807, 2.05) is 10.9 Å². The Balaban J connectivity index is 1.38. The summed E-state index contributed by atoms with van der Waals surface area (Å²) in [5.74, 6) is 3.00. The van der Waals surface area contributed by atoms with Crippen LogP contribution in [0.1, 0.15) is 13.3 Å². The van der Waals surface area contributed by atoms with Crippen LogP contribution in [0.4, 0.5) is 5.82 Å². The lowest BCUT2D eigenvalue weighted by atomic mass is 10.3. The van der Waals surface area contributed by atoms with E-state index in [9.17, 15) is 4.79 Å². The average molecular weight is 487 g/mol. The largest absolute Gasteiger partial charge is 0.497 e. The number of aromatic nitrogens is 4. The first-order chi connectivity index (χ1) is 16.7. The van der Waals surface area contributed by atoms with E-state index in [-0.39, 0.29) is 12.5 Å². The van der Waals surface area contributed by atoms with Crippen molar-refractivity contribution in [2.45, 2.75) is 25.0 Å². The summed E-state index contributed by atoms with van der Waals surface area (Å²) in [6.07, 6.45) is 2.85. The number of anilines is 1. The SMILES string of the molecule is CCCSc1nc(N2CCOCC2)c2cnn(CCNC(=O)COc3ccc(OC)cc3)c2n1. The Morgan fingerprint density at radius 1 is 1.18 bits per heavy atom. The Morgan fingerprint density at radius 3 is 2.68 bits per heavy atom. The normalized spacial score (nSPS) is 13.8. The predicted octanol–water partition coefficient (Wildman–Crippen LogP) is 2.37. The third-order valence-electron chi connectivity index (χ3n) is 5.28. The molecule has 1 fully saturated rings. The number of ether oxygens (including phenoxy) is 3. The fourth-order valence-electron chi connectivity index (χ4n) is 3.53. The average Bonchev–Trinajstić information content (AvgIpc) is 3.29. The summed E-state index contributed by atoms with van der Waals surface area (Å²) < 4.78 is 18.0. The molecule has 0 atom stereocenters. The minimum absolute atomic E-state index is 0.0622.